The molecule has 2 aliphatic rings. The molecule has 2 rings (SSSR count). The molecule has 2 unspecified atom stereocenters. The van der Waals surface area contributed by atoms with E-state index in [9.17, 15) is 0 Å². The lowest BCUT2D eigenvalue weighted by Gasteiger charge is -2.23. The molecule has 0 spiro atoms. The summed E-state index contributed by atoms with van der Waals surface area (Å²) < 4.78 is 0. The maximum Gasteiger partial charge on any atom is 0.0109 e. The molecule has 2 atom stereocenters. The highest BCUT2D eigenvalue weighted by atomic mass is 15.2. The summed E-state index contributed by atoms with van der Waals surface area (Å²) in [5, 5.41) is 0. The third-order valence-corrected chi connectivity index (χ3v) is 3.13. The zero-order valence-corrected chi connectivity index (χ0v) is 8.21. The smallest absolute Gasteiger partial charge is 0.0109 e. The van der Waals surface area contributed by atoms with E-state index < -0.39 is 0 Å². The minimum Gasteiger partial charge on any atom is -0.326 e. The van der Waals surface area contributed by atoms with Gasteiger partial charge in [-0.3, -0.25) is 0 Å². The minimum atomic E-state index is 0.0206. The summed E-state index contributed by atoms with van der Waals surface area (Å²) in [6.45, 7) is 8.13. The average molecular weight is 168 g/mol. The first-order chi connectivity index (χ1) is 5.54. The van der Waals surface area contributed by atoms with Crippen LogP contribution in [0.25, 0.3) is 0 Å². The van der Waals surface area contributed by atoms with Gasteiger partial charge in [0.05, 0.1) is 0 Å². The van der Waals surface area contributed by atoms with E-state index in [1.165, 1.54) is 26.1 Å². The van der Waals surface area contributed by atoms with Crippen LogP contribution in [-0.2, 0) is 0 Å². The third kappa shape index (κ3) is 1.99. The van der Waals surface area contributed by atoms with E-state index in [1.807, 2.05) is 0 Å². The quantitative estimate of drug-likeness (QED) is 0.683. The van der Waals surface area contributed by atoms with Gasteiger partial charge in [0.25, 0.3) is 0 Å². The lowest BCUT2D eigenvalue weighted by atomic mass is 10.0. The number of nitrogens with zero attached hydrogens (tertiary/aromatic N) is 1. The Hall–Kier alpha value is -0.0800. The molecule has 0 aromatic rings. The van der Waals surface area contributed by atoms with E-state index in [-0.39, 0.29) is 5.54 Å². The fourth-order valence-electron chi connectivity index (χ4n) is 2.12. The zero-order valence-electron chi connectivity index (χ0n) is 8.21. The van der Waals surface area contributed by atoms with Gasteiger partial charge < -0.3 is 10.6 Å². The van der Waals surface area contributed by atoms with Gasteiger partial charge in [0, 0.05) is 18.6 Å². The van der Waals surface area contributed by atoms with Crippen molar-refractivity contribution in [2.45, 2.75) is 32.2 Å². The number of hydrogen-bond acceptors (Lipinski definition) is 2. The largest absolute Gasteiger partial charge is 0.326 e. The first kappa shape index (κ1) is 8.52. The molecule has 1 saturated heterocycles. The van der Waals surface area contributed by atoms with Gasteiger partial charge in [-0.25, -0.2) is 0 Å². The van der Waals surface area contributed by atoms with Crippen LogP contribution in [0.15, 0.2) is 0 Å². The second kappa shape index (κ2) is 2.71. The maximum atomic E-state index is 5.93. The fourth-order valence-corrected chi connectivity index (χ4v) is 2.12. The SMILES string of the molecule is CC(C)(N)CCN1CC2CC2C1. The molecule has 2 nitrogen and oxygen atoms in total. The van der Waals surface area contributed by atoms with Crippen LogP contribution >= 0.6 is 0 Å². The molecule has 2 heteroatoms. The monoisotopic (exact) mass is 168 g/mol. The van der Waals surface area contributed by atoms with Gasteiger partial charge in [0.1, 0.15) is 0 Å². The summed E-state index contributed by atoms with van der Waals surface area (Å²) in [5.41, 5.74) is 5.95. The summed E-state index contributed by atoms with van der Waals surface area (Å²) in [4.78, 5) is 2.58. The van der Waals surface area contributed by atoms with E-state index in [0.717, 1.165) is 18.3 Å². The first-order valence-corrected chi connectivity index (χ1v) is 5.06. The van der Waals surface area contributed by atoms with Crippen molar-refractivity contribution in [3.05, 3.63) is 0 Å². The van der Waals surface area contributed by atoms with Gasteiger partial charge in [-0.1, -0.05) is 0 Å². The van der Waals surface area contributed by atoms with Crippen LogP contribution in [0.1, 0.15) is 26.7 Å². The van der Waals surface area contributed by atoms with Gasteiger partial charge in [-0.05, 0) is 45.1 Å². The Morgan fingerprint density at radius 3 is 2.42 bits per heavy atom. The topological polar surface area (TPSA) is 29.3 Å². The lowest BCUT2D eigenvalue weighted by molar-refractivity contribution is 0.273. The van der Waals surface area contributed by atoms with Crippen molar-refractivity contribution in [2.75, 3.05) is 19.6 Å². The molecule has 0 radical (unpaired) electrons. The number of hydrogen-bond donors (Lipinski definition) is 1. The van der Waals surface area contributed by atoms with Crippen LogP contribution in [0, 0.1) is 11.8 Å². The second-order valence-corrected chi connectivity index (χ2v) is 5.25. The maximum absolute atomic E-state index is 5.93. The minimum absolute atomic E-state index is 0.0206. The first-order valence-electron chi connectivity index (χ1n) is 5.06. The Bertz CT molecular complexity index is 161. The van der Waals surface area contributed by atoms with E-state index in [4.69, 9.17) is 5.73 Å². The predicted molar refractivity (Wildman–Crippen MR) is 50.9 cm³/mol. The van der Waals surface area contributed by atoms with Gasteiger partial charge in [0.15, 0.2) is 0 Å². The normalized spacial score (nSPS) is 35.2. The van der Waals surface area contributed by atoms with Crippen molar-refractivity contribution in [2.24, 2.45) is 17.6 Å². The van der Waals surface area contributed by atoms with Crippen LogP contribution in [0.5, 0.6) is 0 Å². The molecule has 1 saturated carbocycles. The van der Waals surface area contributed by atoms with Crippen molar-refractivity contribution < 1.29 is 0 Å². The van der Waals surface area contributed by atoms with E-state index in [1.54, 1.807) is 0 Å². The molecule has 2 fully saturated rings. The molecule has 12 heavy (non-hydrogen) atoms. The van der Waals surface area contributed by atoms with Crippen LogP contribution in [0.2, 0.25) is 0 Å². The van der Waals surface area contributed by atoms with Crippen molar-refractivity contribution in [1.29, 1.82) is 0 Å². The van der Waals surface area contributed by atoms with Gasteiger partial charge in [0.2, 0.25) is 0 Å². The van der Waals surface area contributed by atoms with Crippen LogP contribution in [-0.4, -0.2) is 30.1 Å². The number of piperidine rings is 1. The second-order valence-electron chi connectivity index (χ2n) is 5.25. The van der Waals surface area contributed by atoms with Crippen LogP contribution < -0.4 is 5.73 Å². The van der Waals surface area contributed by atoms with E-state index in [0.29, 0.717) is 0 Å². The summed E-state index contributed by atoms with van der Waals surface area (Å²) in [7, 11) is 0. The standard InChI is InChI=1S/C10H20N2/c1-10(2,11)3-4-12-6-8-5-9(8)7-12/h8-9H,3-7,11H2,1-2H3. The highest BCUT2D eigenvalue weighted by molar-refractivity contribution is 4.97. The Labute approximate surface area is 75.1 Å². The molecular weight excluding hydrogens is 148 g/mol. The summed E-state index contributed by atoms with van der Waals surface area (Å²) in [5.74, 6) is 2.12. The average Bonchev–Trinajstić information content (AvgIpc) is 2.54. The predicted octanol–water partition coefficient (Wildman–Crippen LogP) is 1.07. The molecule has 1 aliphatic carbocycles. The molecule has 2 N–H and O–H groups in total. The molecule has 0 aromatic carbocycles. The Morgan fingerprint density at radius 1 is 1.33 bits per heavy atom. The summed E-state index contributed by atoms with van der Waals surface area (Å²) in [6.07, 6.45) is 2.63. The Balaban J connectivity index is 1.68. The van der Waals surface area contributed by atoms with Crippen molar-refractivity contribution in [1.82, 2.24) is 4.90 Å². The fraction of sp³-hybridized carbons (Fsp3) is 1.00. The van der Waals surface area contributed by atoms with E-state index >= 15 is 0 Å². The Kier molecular flexibility index (Phi) is 1.92. The molecule has 1 aliphatic heterocycles. The third-order valence-electron chi connectivity index (χ3n) is 3.13. The molecule has 70 valence electrons. The zero-order chi connectivity index (χ0) is 8.77. The lowest BCUT2D eigenvalue weighted by Crippen LogP contribution is -2.37. The summed E-state index contributed by atoms with van der Waals surface area (Å²) in [6, 6.07) is 0. The highest BCUT2D eigenvalue weighted by Crippen LogP contribution is 2.44. The molecule has 0 aromatic heterocycles. The van der Waals surface area contributed by atoms with Gasteiger partial charge >= 0.3 is 0 Å². The number of rotatable bonds is 3. The highest BCUT2D eigenvalue weighted by Gasteiger charge is 2.44. The molecule has 1 heterocycles. The van der Waals surface area contributed by atoms with Gasteiger partial charge in [-0.2, -0.15) is 0 Å². The van der Waals surface area contributed by atoms with Crippen molar-refractivity contribution >= 4 is 0 Å². The molecule has 0 amide bonds. The molecular formula is C10H20N2. The summed E-state index contributed by atoms with van der Waals surface area (Å²) >= 11 is 0. The Morgan fingerprint density at radius 2 is 1.92 bits per heavy atom. The molecule has 0 bridgehead atoms. The van der Waals surface area contributed by atoms with Gasteiger partial charge in [-0.15, -0.1) is 0 Å². The van der Waals surface area contributed by atoms with Crippen LogP contribution in [0.4, 0.5) is 0 Å². The number of nitrogens with two attached hydrogens (primary N) is 1. The number of fused-ring (bicyclic) bond motifs is 1. The van der Waals surface area contributed by atoms with Crippen LogP contribution in [0.3, 0.4) is 0 Å². The number of likely N-dealkylation sites (tertiary alicyclic amines) is 1. The van der Waals surface area contributed by atoms with Crippen molar-refractivity contribution in [3.63, 3.8) is 0 Å². The van der Waals surface area contributed by atoms with Crippen molar-refractivity contribution in [3.8, 4) is 0 Å². The van der Waals surface area contributed by atoms with E-state index in [2.05, 4.69) is 18.7 Å².